The lowest BCUT2D eigenvalue weighted by molar-refractivity contribution is -0.127. The molecule has 1 aliphatic rings. The highest BCUT2D eigenvalue weighted by atomic mass is 35.5. The Balaban J connectivity index is 1.73. The molecule has 0 atom stereocenters. The van der Waals surface area contributed by atoms with Gasteiger partial charge in [-0.1, -0.05) is 42.6 Å². The summed E-state index contributed by atoms with van der Waals surface area (Å²) in [5.41, 5.74) is 1.18. The lowest BCUT2D eigenvalue weighted by Crippen LogP contribution is -2.33. The van der Waals surface area contributed by atoms with Crippen LogP contribution in [0.15, 0.2) is 29.5 Å². The van der Waals surface area contributed by atoms with E-state index in [-0.39, 0.29) is 12.1 Å². The summed E-state index contributed by atoms with van der Waals surface area (Å²) in [6.45, 7) is 5.18. The van der Waals surface area contributed by atoms with Crippen LogP contribution in [-0.2, 0) is 16.0 Å². The number of carbonyl (C=O) groups excluding carboxylic acids is 2. The molecule has 0 aromatic heterocycles. The molecule has 0 bridgehead atoms. The van der Waals surface area contributed by atoms with E-state index in [1.54, 1.807) is 6.07 Å². The Kier molecular flexibility index (Phi) is 9.95. The number of aliphatic hydroxyl groups excluding tert-OH is 1. The van der Waals surface area contributed by atoms with Gasteiger partial charge in [0.15, 0.2) is 5.76 Å². The predicted octanol–water partition coefficient (Wildman–Crippen LogP) is 3.82. The van der Waals surface area contributed by atoms with Crippen molar-refractivity contribution in [2.24, 2.45) is 0 Å². The van der Waals surface area contributed by atoms with Gasteiger partial charge in [-0.25, -0.2) is 0 Å². The quantitative estimate of drug-likeness (QED) is 0.469. The topological polar surface area (TPSA) is 72.9 Å². The number of rotatable bonds is 12. The smallest absolute Gasteiger partial charge is 0.289 e. The highest BCUT2D eigenvalue weighted by Gasteiger charge is 2.33. The molecule has 30 heavy (non-hydrogen) atoms. The fourth-order valence-electron chi connectivity index (χ4n) is 3.34. The first kappa shape index (κ1) is 24.5. The Labute approximate surface area is 188 Å². The molecule has 2 amide bonds. The zero-order valence-corrected chi connectivity index (χ0v) is 19.2. The van der Waals surface area contributed by atoms with Crippen LogP contribution in [0, 0.1) is 0 Å². The number of hydrogen-bond donors (Lipinski definition) is 2. The van der Waals surface area contributed by atoms with E-state index in [1.807, 2.05) is 12.1 Å². The van der Waals surface area contributed by atoms with Gasteiger partial charge in [-0.05, 0) is 63.5 Å². The minimum absolute atomic E-state index is 0.147. The van der Waals surface area contributed by atoms with Gasteiger partial charge >= 0.3 is 0 Å². The van der Waals surface area contributed by atoms with Gasteiger partial charge in [0.1, 0.15) is 0 Å². The molecule has 166 valence electrons. The molecule has 1 aromatic carbocycles. The van der Waals surface area contributed by atoms with E-state index in [9.17, 15) is 14.7 Å². The minimum Gasteiger partial charge on any atom is -0.503 e. The number of carbonyl (C=O) groups is 2. The maximum atomic E-state index is 12.4. The number of nitrogens with zero attached hydrogens (tertiary/aromatic N) is 2. The molecule has 1 aliphatic heterocycles. The van der Waals surface area contributed by atoms with E-state index in [4.69, 9.17) is 23.2 Å². The molecule has 0 spiro atoms. The van der Waals surface area contributed by atoms with Crippen LogP contribution < -0.4 is 5.32 Å². The van der Waals surface area contributed by atoms with Gasteiger partial charge in [-0.3, -0.25) is 9.59 Å². The van der Waals surface area contributed by atoms with Crippen LogP contribution >= 0.6 is 23.2 Å². The van der Waals surface area contributed by atoms with Gasteiger partial charge in [-0.15, -0.1) is 0 Å². The first-order chi connectivity index (χ1) is 14.3. The number of nitrogens with one attached hydrogen (secondary N) is 1. The normalized spacial score (nSPS) is 14.2. The lowest BCUT2D eigenvalue weighted by Gasteiger charge is -2.20. The summed E-state index contributed by atoms with van der Waals surface area (Å²) < 4.78 is 0. The Morgan fingerprint density at radius 2 is 1.93 bits per heavy atom. The maximum absolute atomic E-state index is 12.4. The van der Waals surface area contributed by atoms with Crippen LogP contribution in [0.1, 0.15) is 38.2 Å². The number of unbranched alkanes of at least 4 members (excludes halogenated alkanes) is 1. The predicted molar refractivity (Wildman–Crippen MR) is 121 cm³/mol. The zero-order chi connectivity index (χ0) is 22.1. The molecule has 2 rings (SSSR count). The average Bonchev–Trinajstić information content (AvgIpc) is 3.00. The molecule has 0 saturated heterocycles. The van der Waals surface area contributed by atoms with Crippen LogP contribution in [0.5, 0.6) is 0 Å². The third kappa shape index (κ3) is 7.18. The summed E-state index contributed by atoms with van der Waals surface area (Å²) in [6.07, 6.45) is 4.55. The van der Waals surface area contributed by atoms with Crippen molar-refractivity contribution >= 4 is 35.0 Å². The summed E-state index contributed by atoms with van der Waals surface area (Å²) in [7, 11) is 2.06. The van der Waals surface area contributed by atoms with E-state index < -0.39 is 17.6 Å². The van der Waals surface area contributed by atoms with Gasteiger partial charge in [0.2, 0.25) is 0 Å². The molecule has 6 nitrogen and oxygen atoms in total. The number of amides is 2. The molecule has 8 heteroatoms. The Bertz CT molecular complexity index is 783. The fraction of sp³-hybridized carbons (Fsp3) is 0.545. The second-order valence-electron chi connectivity index (χ2n) is 7.67. The van der Waals surface area contributed by atoms with Gasteiger partial charge in [0.25, 0.3) is 11.8 Å². The van der Waals surface area contributed by atoms with Crippen molar-refractivity contribution in [1.29, 1.82) is 0 Å². The summed E-state index contributed by atoms with van der Waals surface area (Å²) in [5, 5.41) is 13.9. The van der Waals surface area contributed by atoms with Crippen LogP contribution in [0.2, 0.25) is 10.0 Å². The SMILES string of the molecule is CCCCN(C)CCCN1CC(C(=O)NCCCc2ccc(Cl)c(Cl)c2)=C(O)C1=O. The Morgan fingerprint density at radius 1 is 1.20 bits per heavy atom. The van der Waals surface area contributed by atoms with Crippen molar-refractivity contribution in [3.05, 3.63) is 45.1 Å². The lowest BCUT2D eigenvalue weighted by atomic mass is 10.1. The zero-order valence-electron chi connectivity index (χ0n) is 17.7. The molecule has 2 N–H and O–H groups in total. The monoisotopic (exact) mass is 455 g/mol. The van der Waals surface area contributed by atoms with E-state index in [2.05, 4.69) is 24.2 Å². The largest absolute Gasteiger partial charge is 0.503 e. The Hall–Kier alpha value is -1.76. The molecule has 0 radical (unpaired) electrons. The number of halogens is 2. The summed E-state index contributed by atoms with van der Waals surface area (Å²) in [5.74, 6) is -1.29. The third-order valence-corrected chi connectivity index (χ3v) is 5.91. The summed E-state index contributed by atoms with van der Waals surface area (Å²) >= 11 is 11.9. The first-order valence-electron chi connectivity index (χ1n) is 10.5. The number of aliphatic hydroxyl groups is 1. The highest BCUT2D eigenvalue weighted by molar-refractivity contribution is 6.42. The molecular weight excluding hydrogens is 425 g/mol. The van der Waals surface area contributed by atoms with Crippen LogP contribution in [0.25, 0.3) is 0 Å². The molecule has 0 aliphatic carbocycles. The molecular formula is C22H31Cl2N3O3. The molecule has 0 fully saturated rings. The van der Waals surface area contributed by atoms with E-state index >= 15 is 0 Å². The van der Waals surface area contributed by atoms with Crippen molar-refractivity contribution in [2.45, 2.75) is 39.0 Å². The molecule has 1 heterocycles. The summed E-state index contributed by atoms with van der Waals surface area (Å²) in [6, 6.07) is 5.46. The minimum atomic E-state index is -0.466. The number of hydrogen-bond acceptors (Lipinski definition) is 4. The average molecular weight is 456 g/mol. The second kappa shape index (κ2) is 12.2. The second-order valence-corrected chi connectivity index (χ2v) is 8.49. The van der Waals surface area contributed by atoms with E-state index in [0.717, 1.165) is 44.3 Å². The van der Waals surface area contributed by atoms with E-state index in [1.165, 1.54) is 4.90 Å². The summed E-state index contributed by atoms with van der Waals surface area (Å²) in [4.78, 5) is 28.4. The molecule has 0 unspecified atom stereocenters. The van der Waals surface area contributed by atoms with E-state index in [0.29, 0.717) is 29.6 Å². The van der Waals surface area contributed by atoms with Gasteiger partial charge in [-0.2, -0.15) is 0 Å². The van der Waals surface area contributed by atoms with Crippen molar-refractivity contribution < 1.29 is 14.7 Å². The van der Waals surface area contributed by atoms with Crippen molar-refractivity contribution in [3.8, 4) is 0 Å². The highest BCUT2D eigenvalue weighted by Crippen LogP contribution is 2.23. The maximum Gasteiger partial charge on any atom is 0.289 e. The van der Waals surface area contributed by atoms with Crippen molar-refractivity contribution in [1.82, 2.24) is 15.1 Å². The van der Waals surface area contributed by atoms with Gasteiger partial charge in [0.05, 0.1) is 22.2 Å². The molecule has 0 saturated carbocycles. The van der Waals surface area contributed by atoms with Crippen molar-refractivity contribution in [2.75, 3.05) is 39.8 Å². The number of benzene rings is 1. The standard InChI is InChI=1S/C22H31Cl2N3O3/c1-3-4-11-26(2)12-6-13-27-15-17(20(28)22(27)30)21(29)25-10-5-7-16-8-9-18(23)19(24)14-16/h8-9,14,28H,3-7,10-13,15H2,1-2H3,(H,25,29). The van der Waals surface area contributed by atoms with Crippen LogP contribution in [0.4, 0.5) is 0 Å². The van der Waals surface area contributed by atoms with Crippen LogP contribution in [-0.4, -0.2) is 66.5 Å². The van der Waals surface area contributed by atoms with Gasteiger partial charge < -0.3 is 20.2 Å². The van der Waals surface area contributed by atoms with Crippen molar-refractivity contribution in [3.63, 3.8) is 0 Å². The van der Waals surface area contributed by atoms with Gasteiger partial charge in [0, 0.05) is 13.1 Å². The number of aryl methyl sites for hydroxylation is 1. The fourth-order valence-corrected chi connectivity index (χ4v) is 3.66. The molecule has 1 aromatic rings. The first-order valence-corrected chi connectivity index (χ1v) is 11.2. The third-order valence-electron chi connectivity index (χ3n) is 5.17. The van der Waals surface area contributed by atoms with Crippen LogP contribution in [0.3, 0.4) is 0 Å². The Morgan fingerprint density at radius 3 is 2.63 bits per heavy atom.